The number of aromatic nitrogens is 2. The third kappa shape index (κ3) is 3.47. The summed E-state index contributed by atoms with van der Waals surface area (Å²) < 4.78 is 0. The van der Waals surface area contributed by atoms with Gasteiger partial charge in [-0.2, -0.15) is 4.98 Å². The molecule has 1 heterocycles. The molecule has 106 valence electrons. The Labute approximate surface area is 120 Å². The fourth-order valence-electron chi connectivity index (χ4n) is 2.11. The average molecular weight is 270 g/mol. The van der Waals surface area contributed by atoms with E-state index in [1.165, 1.54) is 11.1 Å². The molecule has 1 aromatic carbocycles. The molecule has 0 unspecified atom stereocenters. The number of hydrogen-bond acceptors (Lipinski definition) is 4. The molecular weight excluding hydrogens is 248 g/mol. The first-order valence-corrected chi connectivity index (χ1v) is 7.05. The number of para-hydroxylation sites is 1. The Morgan fingerprint density at radius 1 is 1.20 bits per heavy atom. The van der Waals surface area contributed by atoms with Crippen molar-refractivity contribution in [2.75, 3.05) is 10.6 Å². The smallest absolute Gasteiger partial charge is 0.229 e. The highest BCUT2D eigenvalue weighted by Crippen LogP contribution is 2.24. The van der Waals surface area contributed by atoms with Crippen LogP contribution < -0.4 is 10.6 Å². The fraction of sp³-hybridized carbons (Fsp3) is 0.375. The highest BCUT2D eigenvalue weighted by Gasteiger charge is 2.07. The maximum atomic E-state index is 4.49. The van der Waals surface area contributed by atoms with Gasteiger partial charge in [0.2, 0.25) is 5.95 Å². The zero-order chi connectivity index (χ0) is 14.5. The first-order valence-electron chi connectivity index (χ1n) is 7.05. The summed E-state index contributed by atoms with van der Waals surface area (Å²) in [5.74, 6) is 1.46. The highest BCUT2D eigenvalue weighted by atomic mass is 15.1. The largest absolute Gasteiger partial charge is 0.368 e. The van der Waals surface area contributed by atoms with Crippen LogP contribution in [0.1, 0.15) is 31.9 Å². The van der Waals surface area contributed by atoms with E-state index in [-0.39, 0.29) is 0 Å². The van der Waals surface area contributed by atoms with E-state index >= 15 is 0 Å². The molecule has 2 aromatic rings. The van der Waals surface area contributed by atoms with Crippen LogP contribution in [0.2, 0.25) is 0 Å². The van der Waals surface area contributed by atoms with Crippen LogP contribution in [0, 0.1) is 6.92 Å². The van der Waals surface area contributed by atoms with E-state index in [9.17, 15) is 0 Å². The van der Waals surface area contributed by atoms with Crippen molar-refractivity contribution >= 4 is 17.5 Å². The minimum atomic E-state index is 0.349. The molecule has 0 saturated heterocycles. The second-order valence-electron chi connectivity index (χ2n) is 5.15. The molecule has 0 atom stereocenters. The lowest BCUT2D eigenvalue weighted by Gasteiger charge is -2.14. The van der Waals surface area contributed by atoms with Crippen molar-refractivity contribution in [3.05, 3.63) is 41.6 Å². The number of benzene rings is 1. The second-order valence-corrected chi connectivity index (χ2v) is 5.15. The molecule has 0 bridgehead atoms. The summed E-state index contributed by atoms with van der Waals surface area (Å²) in [5, 5.41) is 6.63. The minimum Gasteiger partial charge on any atom is -0.368 e. The van der Waals surface area contributed by atoms with Gasteiger partial charge in [-0.05, 0) is 44.4 Å². The fourth-order valence-corrected chi connectivity index (χ4v) is 2.11. The van der Waals surface area contributed by atoms with Crippen LogP contribution in [0.4, 0.5) is 17.5 Å². The third-order valence-electron chi connectivity index (χ3n) is 3.07. The Kier molecular flexibility index (Phi) is 4.56. The monoisotopic (exact) mass is 270 g/mol. The van der Waals surface area contributed by atoms with Crippen LogP contribution in [-0.2, 0) is 6.42 Å². The first kappa shape index (κ1) is 14.3. The van der Waals surface area contributed by atoms with Crippen molar-refractivity contribution < 1.29 is 0 Å². The lowest BCUT2D eigenvalue weighted by molar-refractivity contribution is 0.887. The van der Waals surface area contributed by atoms with E-state index in [4.69, 9.17) is 0 Å². The van der Waals surface area contributed by atoms with Gasteiger partial charge in [0.05, 0.1) is 0 Å². The summed E-state index contributed by atoms with van der Waals surface area (Å²) in [4.78, 5) is 8.79. The van der Waals surface area contributed by atoms with Crippen LogP contribution in [0.25, 0.3) is 0 Å². The summed E-state index contributed by atoms with van der Waals surface area (Å²) in [7, 11) is 0. The van der Waals surface area contributed by atoms with Gasteiger partial charge in [0.15, 0.2) is 0 Å². The van der Waals surface area contributed by atoms with Crippen molar-refractivity contribution in [1.82, 2.24) is 9.97 Å². The van der Waals surface area contributed by atoms with Crippen molar-refractivity contribution in [1.29, 1.82) is 0 Å². The van der Waals surface area contributed by atoms with E-state index in [1.807, 2.05) is 6.07 Å². The topological polar surface area (TPSA) is 49.8 Å². The quantitative estimate of drug-likeness (QED) is 0.864. The summed E-state index contributed by atoms with van der Waals surface area (Å²) in [5.41, 5.74) is 3.59. The van der Waals surface area contributed by atoms with E-state index in [0.29, 0.717) is 12.0 Å². The van der Waals surface area contributed by atoms with Gasteiger partial charge in [-0.3, -0.25) is 0 Å². The van der Waals surface area contributed by atoms with Crippen LogP contribution in [-0.4, -0.2) is 16.0 Å². The molecule has 0 aliphatic rings. The Bertz CT molecular complexity index is 578. The lowest BCUT2D eigenvalue weighted by atomic mass is 10.1. The van der Waals surface area contributed by atoms with Gasteiger partial charge in [-0.25, -0.2) is 4.98 Å². The van der Waals surface area contributed by atoms with E-state index in [2.05, 4.69) is 66.5 Å². The predicted octanol–water partition coefficient (Wildman–Crippen LogP) is 3.91. The van der Waals surface area contributed by atoms with Crippen molar-refractivity contribution in [3.63, 3.8) is 0 Å². The Morgan fingerprint density at radius 3 is 2.70 bits per heavy atom. The van der Waals surface area contributed by atoms with Gasteiger partial charge >= 0.3 is 0 Å². The molecule has 0 aliphatic heterocycles. The molecule has 0 amide bonds. The molecule has 0 spiro atoms. The van der Waals surface area contributed by atoms with E-state index < -0.39 is 0 Å². The maximum absolute atomic E-state index is 4.49. The molecule has 0 saturated carbocycles. The maximum Gasteiger partial charge on any atom is 0.229 e. The SMILES string of the molecule is CCc1cccc(C)c1Nc1nccc(NC(C)C)n1. The van der Waals surface area contributed by atoms with Crippen LogP contribution in [0.5, 0.6) is 0 Å². The van der Waals surface area contributed by atoms with Crippen molar-refractivity contribution in [3.8, 4) is 0 Å². The number of nitrogens with one attached hydrogen (secondary N) is 2. The van der Waals surface area contributed by atoms with Crippen LogP contribution in [0.3, 0.4) is 0 Å². The average Bonchev–Trinajstić information content (AvgIpc) is 2.41. The highest BCUT2D eigenvalue weighted by molar-refractivity contribution is 5.63. The molecule has 4 nitrogen and oxygen atoms in total. The molecule has 0 radical (unpaired) electrons. The molecule has 2 rings (SSSR count). The summed E-state index contributed by atoms with van der Waals surface area (Å²) in [6, 6.07) is 8.53. The zero-order valence-electron chi connectivity index (χ0n) is 12.6. The van der Waals surface area contributed by atoms with Crippen LogP contribution in [0.15, 0.2) is 30.5 Å². The Hall–Kier alpha value is -2.10. The summed E-state index contributed by atoms with van der Waals surface area (Å²) in [6.45, 7) is 8.42. The molecule has 0 fully saturated rings. The van der Waals surface area contributed by atoms with Gasteiger partial charge < -0.3 is 10.6 Å². The standard InChI is InChI=1S/C16H22N4/c1-5-13-8-6-7-12(4)15(13)20-16-17-10-9-14(19-16)18-11(2)3/h6-11H,5H2,1-4H3,(H2,17,18,19,20). The van der Waals surface area contributed by atoms with Gasteiger partial charge in [0, 0.05) is 17.9 Å². The minimum absolute atomic E-state index is 0.349. The van der Waals surface area contributed by atoms with E-state index in [0.717, 1.165) is 17.9 Å². The molecule has 1 aromatic heterocycles. The van der Waals surface area contributed by atoms with Gasteiger partial charge in [0.1, 0.15) is 5.82 Å². The molecule has 4 heteroatoms. The van der Waals surface area contributed by atoms with Gasteiger partial charge in [0.25, 0.3) is 0 Å². The van der Waals surface area contributed by atoms with Crippen LogP contribution >= 0.6 is 0 Å². The Morgan fingerprint density at radius 2 is 2.00 bits per heavy atom. The number of hydrogen-bond donors (Lipinski definition) is 2. The molecule has 20 heavy (non-hydrogen) atoms. The molecule has 0 aliphatic carbocycles. The molecule has 2 N–H and O–H groups in total. The number of anilines is 3. The summed E-state index contributed by atoms with van der Waals surface area (Å²) >= 11 is 0. The Balaban J connectivity index is 2.26. The van der Waals surface area contributed by atoms with Crippen molar-refractivity contribution in [2.45, 2.75) is 40.2 Å². The number of rotatable bonds is 5. The van der Waals surface area contributed by atoms with Gasteiger partial charge in [-0.15, -0.1) is 0 Å². The first-order chi connectivity index (χ1) is 9.60. The predicted molar refractivity (Wildman–Crippen MR) is 84.6 cm³/mol. The second kappa shape index (κ2) is 6.37. The number of aryl methyl sites for hydroxylation is 2. The van der Waals surface area contributed by atoms with E-state index in [1.54, 1.807) is 6.20 Å². The number of nitrogens with zero attached hydrogens (tertiary/aromatic N) is 2. The van der Waals surface area contributed by atoms with Gasteiger partial charge in [-0.1, -0.05) is 25.1 Å². The van der Waals surface area contributed by atoms with Crippen molar-refractivity contribution in [2.24, 2.45) is 0 Å². The third-order valence-corrected chi connectivity index (χ3v) is 3.07. The normalized spacial score (nSPS) is 10.7. The lowest BCUT2D eigenvalue weighted by Crippen LogP contribution is -2.12. The summed E-state index contributed by atoms with van der Waals surface area (Å²) in [6.07, 6.45) is 2.75. The molecular formula is C16H22N4. The zero-order valence-corrected chi connectivity index (χ0v) is 12.6.